The lowest BCUT2D eigenvalue weighted by molar-refractivity contribution is 0.0704. The summed E-state index contributed by atoms with van der Waals surface area (Å²) in [6.07, 6.45) is 3.60. The number of aromatic nitrogens is 2. The molecule has 0 atom stereocenters. The van der Waals surface area contributed by atoms with E-state index < -0.39 is 7.12 Å². The number of nitrogens with one attached hydrogen (secondary N) is 1. The number of hydrogen-bond donors (Lipinski definition) is 1. The van der Waals surface area contributed by atoms with Gasteiger partial charge < -0.3 is 24.3 Å². The first-order valence-corrected chi connectivity index (χ1v) is 12.9. The van der Waals surface area contributed by atoms with Crippen molar-refractivity contribution in [2.24, 2.45) is 0 Å². The molecule has 36 heavy (non-hydrogen) atoms. The number of nitrogens with zero attached hydrogens (tertiary/aromatic N) is 3. The minimum absolute atomic E-state index is 0.0510. The van der Waals surface area contributed by atoms with Gasteiger partial charge in [-0.2, -0.15) is 0 Å². The first kappa shape index (κ1) is 26.3. The van der Waals surface area contributed by atoms with Crippen LogP contribution in [0.25, 0.3) is 5.57 Å². The Morgan fingerprint density at radius 2 is 1.94 bits per heavy atom. The van der Waals surface area contributed by atoms with Crippen molar-refractivity contribution in [3.8, 4) is 0 Å². The van der Waals surface area contributed by atoms with Gasteiger partial charge in [0.15, 0.2) is 5.82 Å². The molecule has 2 aromatic rings. The Bertz CT molecular complexity index is 1120. The summed E-state index contributed by atoms with van der Waals surface area (Å²) < 4.78 is 17.6. The molecule has 0 aliphatic carbocycles. The van der Waals surface area contributed by atoms with E-state index >= 15 is 0 Å². The van der Waals surface area contributed by atoms with Gasteiger partial charge in [0.05, 0.1) is 19.8 Å². The summed E-state index contributed by atoms with van der Waals surface area (Å²) in [6, 6.07) is 8.06. The number of carbonyl (C=O) groups is 1. The zero-order valence-corrected chi connectivity index (χ0v) is 22.3. The highest BCUT2D eigenvalue weighted by atomic mass is 16.6. The number of amides is 1. The van der Waals surface area contributed by atoms with E-state index in [9.17, 15) is 4.79 Å². The maximum Gasteiger partial charge on any atom is 0.494 e. The van der Waals surface area contributed by atoms with Crippen molar-refractivity contribution in [2.75, 3.05) is 25.1 Å². The molecule has 0 saturated heterocycles. The third-order valence-corrected chi connectivity index (χ3v) is 6.71. The Kier molecular flexibility index (Phi) is 8.12. The van der Waals surface area contributed by atoms with Crippen LogP contribution in [0.3, 0.4) is 0 Å². The van der Waals surface area contributed by atoms with E-state index in [1.54, 1.807) is 0 Å². The molecule has 0 saturated carbocycles. The van der Waals surface area contributed by atoms with Crippen molar-refractivity contribution in [1.29, 1.82) is 0 Å². The van der Waals surface area contributed by atoms with Gasteiger partial charge in [-0.1, -0.05) is 25.1 Å². The van der Waals surface area contributed by atoms with Crippen LogP contribution in [0.1, 0.15) is 76.3 Å². The molecule has 2 aliphatic rings. The van der Waals surface area contributed by atoms with Crippen LogP contribution in [0.2, 0.25) is 0 Å². The second kappa shape index (κ2) is 11.1. The molecule has 9 heteroatoms. The summed E-state index contributed by atoms with van der Waals surface area (Å²) in [5, 5.41) is 3.45. The normalized spacial score (nSPS) is 15.8. The van der Waals surface area contributed by atoms with E-state index in [0.717, 1.165) is 35.1 Å². The largest absolute Gasteiger partial charge is 0.494 e. The summed E-state index contributed by atoms with van der Waals surface area (Å²) in [5.41, 5.74) is 3.84. The lowest BCUT2D eigenvalue weighted by Crippen LogP contribution is -2.43. The van der Waals surface area contributed by atoms with E-state index in [-0.39, 0.29) is 17.6 Å². The van der Waals surface area contributed by atoms with Crippen molar-refractivity contribution in [1.82, 2.24) is 14.9 Å². The molecule has 0 bridgehead atoms. The summed E-state index contributed by atoms with van der Waals surface area (Å²) in [7, 11) is -0.438. The van der Waals surface area contributed by atoms with Gasteiger partial charge in [0.25, 0.3) is 5.91 Å². The first-order valence-electron chi connectivity index (χ1n) is 12.9. The Balaban J connectivity index is 1.63. The number of anilines is 2. The molecule has 192 valence electrons. The van der Waals surface area contributed by atoms with E-state index in [1.165, 1.54) is 0 Å². The molecular formula is C27H37BN4O4. The number of fused-ring (bicyclic) bond motifs is 1. The molecule has 0 radical (unpaired) electrons. The molecule has 1 aromatic heterocycles. The smallest absolute Gasteiger partial charge is 0.408 e. The fourth-order valence-electron chi connectivity index (χ4n) is 4.17. The van der Waals surface area contributed by atoms with Gasteiger partial charge in [0.1, 0.15) is 11.5 Å². The van der Waals surface area contributed by atoms with E-state index in [0.29, 0.717) is 43.7 Å². The second-order valence-electron chi connectivity index (χ2n) is 10.1. The molecule has 0 unspecified atom stereocenters. The Morgan fingerprint density at radius 1 is 1.19 bits per heavy atom. The zero-order valence-electron chi connectivity index (χ0n) is 22.3. The van der Waals surface area contributed by atoms with E-state index in [2.05, 4.69) is 26.1 Å². The van der Waals surface area contributed by atoms with Gasteiger partial charge in [-0.3, -0.25) is 4.79 Å². The SMILES string of the molecule is CCOB(OC(C)(C)CC)c1ccc(Nc2nc(C3=CCOCC3)nc3c2CN(C(C)C)C3=O)cc1. The van der Waals surface area contributed by atoms with Crippen molar-refractivity contribution in [2.45, 2.75) is 72.6 Å². The van der Waals surface area contributed by atoms with Crippen LogP contribution >= 0.6 is 0 Å². The number of hydrogen-bond acceptors (Lipinski definition) is 7. The highest BCUT2D eigenvalue weighted by Crippen LogP contribution is 2.32. The zero-order chi connectivity index (χ0) is 25.9. The van der Waals surface area contributed by atoms with Crippen LogP contribution < -0.4 is 10.8 Å². The van der Waals surface area contributed by atoms with E-state index in [4.69, 9.17) is 24.0 Å². The van der Waals surface area contributed by atoms with Gasteiger partial charge >= 0.3 is 7.12 Å². The monoisotopic (exact) mass is 492 g/mol. The standard InChI is InChI=1S/C27H37BN4O4/c1-7-27(5,6)36-28(35-8-2)20-9-11-21(12-10-20)29-25-22-17-32(18(3)4)26(33)23(22)30-24(31-25)19-13-15-34-16-14-19/h9-13,18H,7-8,14-17H2,1-6H3,(H,29,30,31). The van der Waals surface area contributed by atoms with Crippen molar-refractivity contribution < 1.29 is 18.8 Å². The maximum atomic E-state index is 13.1. The average molecular weight is 492 g/mol. The molecule has 0 fully saturated rings. The fourth-order valence-corrected chi connectivity index (χ4v) is 4.17. The minimum atomic E-state index is -0.438. The van der Waals surface area contributed by atoms with Crippen LogP contribution in [0.15, 0.2) is 30.3 Å². The van der Waals surface area contributed by atoms with Crippen molar-refractivity contribution >= 4 is 35.6 Å². The topological polar surface area (TPSA) is 85.8 Å². The molecule has 0 spiro atoms. The number of benzene rings is 1. The third kappa shape index (κ3) is 5.80. The van der Waals surface area contributed by atoms with Crippen molar-refractivity contribution in [3.05, 3.63) is 47.4 Å². The van der Waals surface area contributed by atoms with Crippen LogP contribution in [-0.4, -0.2) is 59.4 Å². The Labute approximate surface area is 214 Å². The summed E-state index contributed by atoms with van der Waals surface area (Å²) >= 11 is 0. The third-order valence-electron chi connectivity index (χ3n) is 6.71. The van der Waals surface area contributed by atoms with Gasteiger partial charge in [-0.25, -0.2) is 9.97 Å². The average Bonchev–Trinajstić information content (AvgIpc) is 3.22. The minimum Gasteiger partial charge on any atom is -0.408 e. The highest BCUT2D eigenvalue weighted by Gasteiger charge is 2.35. The lowest BCUT2D eigenvalue weighted by Gasteiger charge is -2.28. The Morgan fingerprint density at radius 3 is 2.56 bits per heavy atom. The maximum absolute atomic E-state index is 13.1. The van der Waals surface area contributed by atoms with Crippen LogP contribution in [0.5, 0.6) is 0 Å². The van der Waals surface area contributed by atoms with Gasteiger partial charge in [-0.05, 0) is 70.6 Å². The van der Waals surface area contributed by atoms with Gasteiger partial charge in [0.2, 0.25) is 0 Å². The molecule has 4 rings (SSSR count). The predicted octanol–water partition coefficient (Wildman–Crippen LogP) is 4.33. The van der Waals surface area contributed by atoms with Crippen LogP contribution in [0.4, 0.5) is 11.5 Å². The molecule has 1 N–H and O–H groups in total. The summed E-state index contributed by atoms with van der Waals surface area (Å²) in [5.74, 6) is 1.20. The quantitative estimate of drug-likeness (QED) is 0.495. The van der Waals surface area contributed by atoms with Crippen LogP contribution in [-0.2, 0) is 20.6 Å². The van der Waals surface area contributed by atoms with Crippen LogP contribution in [0, 0.1) is 0 Å². The fraction of sp³-hybridized carbons (Fsp3) is 0.519. The number of rotatable bonds is 10. The predicted molar refractivity (Wildman–Crippen MR) is 143 cm³/mol. The number of carbonyl (C=O) groups excluding carboxylic acids is 1. The molecule has 8 nitrogen and oxygen atoms in total. The highest BCUT2D eigenvalue weighted by molar-refractivity contribution is 6.61. The molecule has 2 aliphatic heterocycles. The molecule has 3 heterocycles. The van der Waals surface area contributed by atoms with Gasteiger partial charge in [-0.15, -0.1) is 0 Å². The number of ether oxygens (including phenoxy) is 1. The first-order chi connectivity index (χ1) is 17.2. The Hall–Kier alpha value is -2.75. The summed E-state index contributed by atoms with van der Waals surface area (Å²) in [6.45, 7) is 14.4. The second-order valence-corrected chi connectivity index (χ2v) is 10.1. The molecule has 1 amide bonds. The molecular weight excluding hydrogens is 455 g/mol. The lowest BCUT2D eigenvalue weighted by atomic mass is 9.77. The molecule has 1 aromatic carbocycles. The van der Waals surface area contributed by atoms with E-state index in [1.807, 2.05) is 56.0 Å². The van der Waals surface area contributed by atoms with Gasteiger partial charge in [0, 0.05) is 29.5 Å². The summed E-state index contributed by atoms with van der Waals surface area (Å²) in [4.78, 5) is 24.5. The van der Waals surface area contributed by atoms with Crippen molar-refractivity contribution in [3.63, 3.8) is 0 Å².